The van der Waals surface area contributed by atoms with Gasteiger partial charge in [0.05, 0.1) is 14.2 Å². The number of aromatic nitrogens is 1. The first-order valence-corrected chi connectivity index (χ1v) is 8.70. The van der Waals surface area contributed by atoms with E-state index in [-0.39, 0.29) is 11.6 Å². The molecule has 0 saturated carbocycles. The van der Waals surface area contributed by atoms with Crippen molar-refractivity contribution in [1.29, 1.82) is 0 Å². The van der Waals surface area contributed by atoms with Crippen LogP contribution in [0.4, 0.5) is 16.6 Å². The van der Waals surface area contributed by atoms with Gasteiger partial charge >= 0.3 is 0 Å². The molecule has 0 fully saturated rings. The van der Waals surface area contributed by atoms with E-state index in [1.165, 1.54) is 24.0 Å². The summed E-state index contributed by atoms with van der Waals surface area (Å²) in [6.07, 6.45) is 0. The number of thiazole rings is 1. The summed E-state index contributed by atoms with van der Waals surface area (Å²) >= 11 is 1.22. The predicted molar refractivity (Wildman–Crippen MR) is 104 cm³/mol. The van der Waals surface area contributed by atoms with Gasteiger partial charge in [0, 0.05) is 11.3 Å². The van der Waals surface area contributed by atoms with Crippen LogP contribution in [0.1, 0.15) is 20.8 Å². The van der Waals surface area contributed by atoms with Crippen molar-refractivity contribution in [2.75, 3.05) is 25.3 Å². The topological polar surface area (TPSA) is 86.5 Å². The van der Waals surface area contributed by atoms with Crippen molar-refractivity contribution in [2.24, 2.45) is 0 Å². The van der Waals surface area contributed by atoms with Gasteiger partial charge in [0.25, 0.3) is 0 Å². The molecule has 0 atom stereocenters. The number of hydrogen-bond donors (Lipinski definition) is 2. The number of methoxy groups -OCH3 is 2. The molecule has 134 valence electrons. The maximum atomic E-state index is 12.8. The number of nitrogen functional groups attached to an aromatic ring is 1. The number of ketones is 1. The molecule has 0 spiro atoms. The van der Waals surface area contributed by atoms with Crippen LogP contribution < -0.4 is 20.5 Å². The Balaban J connectivity index is 1.86. The van der Waals surface area contributed by atoms with Gasteiger partial charge in [-0.15, -0.1) is 0 Å². The average molecular weight is 369 g/mol. The minimum absolute atomic E-state index is 0.199. The zero-order chi connectivity index (χ0) is 18.7. The van der Waals surface area contributed by atoms with E-state index in [1.54, 1.807) is 25.3 Å². The first kappa shape index (κ1) is 17.8. The highest BCUT2D eigenvalue weighted by Crippen LogP contribution is 2.32. The number of carbonyl (C=O) groups is 1. The van der Waals surface area contributed by atoms with Crippen molar-refractivity contribution < 1.29 is 14.3 Å². The Hall–Kier alpha value is -3.06. The molecule has 7 heteroatoms. The van der Waals surface area contributed by atoms with Crippen LogP contribution in [0.25, 0.3) is 0 Å². The standard InChI is InChI=1S/C19H19N3O3S/c1-11-4-7-13(8-5-11)21-19-22-18(20)17(26-19)16(23)12-6-9-14(24-2)15(10-12)25-3/h4-10H,20H2,1-3H3,(H,21,22). The van der Waals surface area contributed by atoms with Gasteiger partial charge in [-0.3, -0.25) is 4.79 Å². The highest BCUT2D eigenvalue weighted by Gasteiger charge is 2.19. The fourth-order valence-corrected chi connectivity index (χ4v) is 3.28. The SMILES string of the molecule is COc1ccc(C(=O)c2sc(Nc3ccc(C)cc3)nc2N)cc1OC. The number of ether oxygens (including phenoxy) is 2. The van der Waals surface area contributed by atoms with Gasteiger partial charge in [-0.05, 0) is 37.3 Å². The molecule has 0 amide bonds. The lowest BCUT2D eigenvalue weighted by atomic mass is 10.1. The molecular formula is C19H19N3O3S. The lowest BCUT2D eigenvalue weighted by Crippen LogP contribution is -2.03. The van der Waals surface area contributed by atoms with E-state index in [0.717, 1.165) is 5.69 Å². The van der Waals surface area contributed by atoms with E-state index in [2.05, 4.69) is 10.3 Å². The van der Waals surface area contributed by atoms with E-state index in [1.807, 2.05) is 31.2 Å². The van der Waals surface area contributed by atoms with Gasteiger partial charge < -0.3 is 20.5 Å². The predicted octanol–water partition coefficient (Wildman–Crippen LogP) is 4.03. The maximum Gasteiger partial charge on any atom is 0.206 e. The largest absolute Gasteiger partial charge is 0.493 e. The number of nitrogens with zero attached hydrogens (tertiary/aromatic N) is 1. The zero-order valence-electron chi connectivity index (χ0n) is 14.7. The normalized spacial score (nSPS) is 10.4. The number of aryl methyl sites for hydroxylation is 1. The molecule has 1 heterocycles. The molecule has 2 aromatic carbocycles. The van der Waals surface area contributed by atoms with Crippen LogP contribution in [0, 0.1) is 6.92 Å². The van der Waals surface area contributed by atoms with E-state index in [9.17, 15) is 4.79 Å². The van der Waals surface area contributed by atoms with Gasteiger partial charge in [-0.1, -0.05) is 29.0 Å². The van der Waals surface area contributed by atoms with Gasteiger partial charge in [-0.2, -0.15) is 0 Å². The Bertz CT molecular complexity index is 936. The molecule has 0 aliphatic carbocycles. The average Bonchev–Trinajstić information content (AvgIpc) is 3.02. The van der Waals surface area contributed by atoms with Gasteiger partial charge in [0.2, 0.25) is 5.78 Å². The third-order valence-electron chi connectivity index (χ3n) is 3.81. The second-order valence-corrected chi connectivity index (χ2v) is 6.62. The Morgan fingerprint density at radius 1 is 1.08 bits per heavy atom. The van der Waals surface area contributed by atoms with Crippen molar-refractivity contribution in [3.8, 4) is 11.5 Å². The second-order valence-electron chi connectivity index (χ2n) is 5.62. The first-order valence-electron chi connectivity index (χ1n) is 7.88. The fourth-order valence-electron chi connectivity index (χ4n) is 2.42. The van der Waals surface area contributed by atoms with Crippen molar-refractivity contribution in [1.82, 2.24) is 4.98 Å². The van der Waals surface area contributed by atoms with Crippen LogP contribution in [0.3, 0.4) is 0 Å². The molecule has 0 aliphatic rings. The molecular weight excluding hydrogens is 350 g/mol. The number of carbonyl (C=O) groups excluding carboxylic acids is 1. The lowest BCUT2D eigenvalue weighted by molar-refractivity contribution is 0.104. The Kier molecular flexibility index (Phi) is 5.09. The van der Waals surface area contributed by atoms with Crippen molar-refractivity contribution in [3.63, 3.8) is 0 Å². The molecule has 3 aromatic rings. The Labute approximate surface area is 155 Å². The molecule has 3 N–H and O–H groups in total. The molecule has 0 saturated heterocycles. The van der Waals surface area contributed by atoms with E-state index < -0.39 is 0 Å². The summed E-state index contributed by atoms with van der Waals surface area (Å²) in [5.74, 6) is 1.03. The second kappa shape index (κ2) is 7.45. The van der Waals surface area contributed by atoms with Crippen LogP contribution >= 0.6 is 11.3 Å². The number of hydrogen-bond acceptors (Lipinski definition) is 7. The molecule has 0 unspecified atom stereocenters. The molecule has 1 aromatic heterocycles. The van der Waals surface area contributed by atoms with Gasteiger partial charge in [0.1, 0.15) is 10.7 Å². The molecule has 26 heavy (non-hydrogen) atoms. The highest BCUT2D eigenvalue weighted by atomic mass is 32.1. The summed E-state index contributed by atoms with van der Waals surface area (Å²) in [5, 5.41) is 3.73. The summed E-state index contributed by atoms with van der Waals surface area (Å²) in [7, 11) is 3.07. The zero-order valence-corrected chi connectivity index (χ0v) is 15.5. The van der Waals surface area contributed by atoms with Gasteiger partial charge in [-0.25, -0.2) is 4.98 Å². The number of nitrogens with two attached hydrogens (primary N) is 1. The van der Waals surface area contributed by atoms with Crippen LogP contribution in [-0.2, 0) is 0 Å². The van der Waals surface area contributed by atoms with Crippen molar-refractivity contribution in [2.45, 2.75) is 6.92 Å². The van der Waals surface area contributed by atoms with E-state index in [0.29, 0.717) is 27.1 Å². The number of nitrogens with one attached hydrogen (secondary N) is 1. The van der Waals surface area contributed by atoms with Crippen LogP contribution in [0.5, 0.6) is 11.5 Å². The summed E-state index contributed by atoms with van der Waals surface area (Å²) < 4.78 is 10.5. The van der Waals surface area contributed by atoms with Crippen molar-refractivity contribution in [3.05, 3.63) is 58.5 Å². The summed E-state index contributed by atoms with van der Waals surface area (Å²) in [6, 6.07) is 12.9. The maximum absolute atomic E-state index is 12.8. The first-order chi connectivity index (χ1) is 12.5. The third-order valence-corrected chi connectivity index (χ3v) is 4.79. The van der Waals surface area contributed by atoms with Crippen LogP contribution in [0.15, 0.2) is 42.5 Å². The van der Waals surface area contributed by atoms with Gasteiger partial charge in [0.15, 0.2) is 16.6 Å². The van der Waals surface area contributed by atoms with Crippen molar-refractivity contribution >= 4 is 33.8 Å². The lowest BCUT2D eigenvalue weighted by Gasteiger charge is -2.08. The molecule has 6 nitrogen and oxygen atoms in total. The Morgan fingerprint density at radius 3 is 2.42 bits per heavy atom. The summed E-state index contributed by atoms with van der Waals surface area (Å²) in [5.41, 5.74) is 8.47. The minimum Gasteiger partial charge on any atom is -0.493 e. The number of anilines is 3. The molecule has 0 aliphatic heterocycles. The molecule has 0 radical (unpaired) electrons. The highest BCUT2D eigenvalue weighted by molar-refractivity contribution is 7.18. The quantitative estimate of drug-likeness (QED) is 0.638. The summed E-state index contributed by atoms with van der Waals surface area (Å²) in [4.78, 5) is 17.5. The number of rotatable bonds is 6. The number of benzene rings is 2. The van der Waals surface area contributed by atoms with Crippen LogP contribution in [0.2, 0.25) is 0 Å². The summed E-state index contributed by atoms with van der Waals surface area (Å²) in [6.45, 7) is 2.02. The molecule has 3 rings (SSSR count). The Morgan fingerprint density at radius 2 is 1.77 bits per heavy atom. The van der Waals surface area contributed by atoms with E-state index in [4.69, 9.17) is 15.2 Å². The smallest absolute Gasteiger partial charge is 0.206 e. The molecule has 0 bridgehead atoms. The fraction of sp³-hybridized carbons (Fsp3) is 0.158. The minimum atomic E-state index is -0.210. The van der Waals surface area contributed by atoms with Crippen LogP contribution in [-0.4, -0.2) is 25.0 Å². The third kappa shape index (κ3) is 3.62. The monoisotopic (exact) mass is 369 g/mol. The van der Waals surface area contributed by atoms with E-state index >= 15 is 0 Å².